The number of nitrogens with zero attached hydrogens (tertiary/aromatic N) is 1. The van der Waals surface area contributed by atoms with Crippen LogP contribution < -0.4 is 0 Å². The van der Waals surface area contributed by atoms with Gasteiger partial charge in [0.2, 0.25) is 0 Å². The number of ether oxygens (including phenoxy) is 2. The molecule has 6 nitrogen and oxygen atoms in total. The molecule has 0 bridgehead atoms. The normalized spacial score (nSPS) is 27.0. The first-order valence-electron chi connectivity index (χ1n) is 12.0. The molecule has 3 atom stereocenters. The topological polar surface area (TPSA) is 65.1 Å². The Balaban J connectivity index is 2.50. The van der Waals surface area contributed by atoms with Crippen molar-refractivity contribution in [3.8, 4) is 0 Å². The van der Waals surface area contributed by atoms with Crippen molar-refractivity contribution in [1.29, 1.82) is 0 Å². The van der Waals surface area contributed by atoms with Crippen molar-refractivity contribution in [2.24, 2.45) is 5.41 Å². The Hall–Kier alpha value is -2.64. The minimum atomic E-state index is -1.32. The summed E-state index contributed by atoms with van der Waals surface area (Å²) >= 11 is 0. The van der Waals surface area contributed by atoms with Crippen LogP contribution in [0.1, 0.15) is 66.5 Å². The Morgan fingerprint density at radius 2 is 1.37 bits per heavy atom. The summed E-state index contributed by atoms with van der Waals surface area (Å²) in [5.41, 5.74) is -3.12. The van der Waals surface area contributed by atoms with Gasteiger partial charge in [0.05, 0.1) is 12.1 Å². The summed E-state index contributed by atoms with van der Waals surface area (Å²) in [7, 11) is 0.327. The lowest BCUT2D eigenvalue weighted by Crippen LogP contribution is -2.67. The van der Waals surface area contributed by atoms with Gasteiger partial charge in [0.1, 0.15) is 16.1 Å². The van der Waals surface area contributed by atoms with Crippen LogP contribution in [0.25, 0.3) is 0 Å². The summed E-state index contributed by atoms with van der Waals surface area (Å²) in [5.74, 6) is -0.449. The van der Waals surface area contributed by atoms with Gasteiger partial charge < -0.3 is 13.9 Å². The smallest absolute Gasteiger partial charge is 0.411 e. The van der Waals surface area contributed by atoms with Gasteiger partial charge in [-0.05, 0) is 38.7 Å². The fourth-order valence-electron chi connectivity index (χ4n) is 5.65. The predicted octanol–water partition coefficient (Wildman–Crippen LogP) is 4.69. The number of likely N-dealkylation sites (tertiary alicyclic amines) is 1. The second-order valence-electron chi connectivity index (χ2n) is 11.4. The Morgan fingerprint density at radius 1 is 0.886 bits per heavy atom. The van der Waals surface area contributed by atoms with E-state index in [0.717, 1.165) is 11.1 Å². The highest BCUT2D eigenvalue weighted by Crippen LogP contribution is 2.64. The van der Waals surface area contributed by atoms with E-state index in [1.54, 1.807) is 4.90 Å². The van der Waals surface area contributed by atoms with E-state index in [1.807, 2.05) is 88.4 Å². The molecule has 1 amide bonds. The number of rotatable bonds is 4. The fraction of sp³-hybridized carbons (Fsp3) is 0.500. The third kappa shape index (κ3) is 4.19. The summed E-state index contributed by atoms with van der Waals surface area (Å²) < 4.78 is 19.0. The van der Waals surface area contributed by atoms with E-state index in [9.17, 15) is 9.59 Å². The number of benzene rings is 2. The maximum Gasteiger partial charge on any atom is 0.411 e. The quantitative estimate of drug-likeness (QED) is 0.453. The maximum atomic E-state index is 13.9. The van der Waals surface area contributed by atoms with E-state index < -0.39 is 39.8 Å². The second kappa shape index (κ2) is 9.10. The lowest BCUT2D eigenvalue weighted by molar-refractivity contribution is -0.202. The van der Waals surface area contributed by atoms with E-state index in [-0.39, 0.29) is 6.54 Å². The molecule has 1 aliphatic heterocycles. The molecule has 1 heterocycles. The standard InChI is InChI=1S/C28H39NO5Si/c1-20(30)32-27(21-15-11-9-12-16-21)19-29(23(31)33-25(5,6)7)26(8,24(2,3)4)28(27,34-35)22-17-13-10-14-18-22/h9-18H,19H2,1-8,35H3/t26-,27+,28?/m0/s1. The van der Waals surface area contributed by atoms with Gasteiger partial charge in [-0.3, -0.25) is 9.69 Å². The van der Waals surface area contributed by atoms with Gasteiger partial charge in [0, 0.05) is 12.5 Å². The molecule has 1 saturated heterocycles. The molecular weight excluding hydrogens is 458 g/mol. The molecule has 0 aromatic heterocycles. The van der Waals surface area contributed by atoms with E-state index in [1.165, 1.54) is 6.92 Å². The first-order valence-corrected chi connectivity index (χ1v) is 12.8. The lowest BCUT2D eigenvalue weighted by atomic mass is 9.58. The zero-order chi connectivity index (χ0) is 26.3. The summed E-state index contributed by atoms with van der Waals surface area (Å²) in [4.78, 5) is 28.4. The molecular formula is C28H39NO5Si. The van der Waals surface area contributed by atoms with Crippen molar-refractivity contribution >= 4 is 22.5 Å². The lowest BCUT2D eigenvalue weighted by Gasteiger charge is -2.57. The third-order valence-corrected chi connectivity index (χ3v) is 7.91. The Bertz CT molecular complexity index is 1060. The minimum absolute atomic E-state index is 0.0798. The van der Waals surface area contributed by atoms with Crippen LogP contribution in [0.2, 0.25) is 0 Å². The van der Waals surface area contributed by atoms with Gasteiger partial charge in [-0.15, -0.1) is 0 Å². The van der Waals surface area contributed by atoms with Gasteiger partial charge >= 0.3 is 12.1 Å². The Labute approximate surface area is 212 Å². The first-order chi connectivity index (χ1) is 16.2. The molecule has 1 fully saturated rings. The molecule has 0 radical (unpaired) electrons. The molecule has 2 aromatic rings. The number of carbonyl (C=O) groups is 2. The average molecular weight is 498 g/mol. The molecule has 0 spiro atoms. The third-order valence-electron chi connectivity index (χ3n) is 7.29. The van der Waals surface area contributed by atoms with Gasteiger partial charge in [0.15, 0.2) is 11.2 Å². The van der Waals surface area contributed by atoms with Crippen molar-refractivity contribution in [2.45, 2.75) is 77.7 Å². The maximum absolute atomic E-state index is 13.9. The van der Waals surface area contributed by atoms with Gasteiger partial charge in [-0.25, -0.2) is 4.79 Å². The van der Waals surface area contributed by atoms with E-state index in [4.69, 9.17) is 13.9 Å². The highest BCUT2D eigenvalue weighted by Gasteiger charge is 2.77. The number of hydrogen-bond acceptors (Lipinski definition) is 5. The molecule has 1 unspecified atom stereocenters. The van der Waals surface area contributed by atoms with Crippen molar-refractivity contribution in [3.63, 3.8) is 0 Å². The SMILES string of the molecule is CC(=O)O[C@@]1(c2ccccc2)CN(C(=O)OC(C)(C)C)[C@@](C)(C(C)(C)C)C1(O[SiH3])c1ccccc1. The molecule has 1 aliphatic rings. The largest absolute Gasteiger partial charge is 0.449 e. The number of carbonyl (C=O) groups excluding carboxylic acids is 2. The summed E-state index contributed by atoms with van der Waals surface area (Å²) in [5, 5.41) is 0. The van der Waals surface area contributed by atoms with Crippen molar-refractivity contribution in [3.05, 3.63) is 71.8 Å². The molecule has 3 rings (SSSR count). The zero-order valence-electron chi connectivity index (χ0n) is 22.5. The van der Waals surface area contributed by atoms with Gasteiger partial charge in [-0.1, -0.05) is 81.4 Å². The number of hydrogen-bond donors (Lipinski definition) is 0. The van der Waals surface area contributed by atoms with Crippen LogP contribution in [0.5, 0.6) is 0 Å². The number of amides is 1. The molecule has 190 valence electrons. The molecule has 0 N–H and O–H groups in total. The molecule has 35 heavy (non-hydrogen) atoms. The van der Waals surface area contributed by atoms with Crippen molar-refractivity contribution in [2.75, 3.05) is 6.54 Å². The van der Waals surface area contributed by atoms with E-state index in [0.29, 0.717) is 10.5 Å². The van der Waals surface area contributed by atoms with Gasteiger partial charge in [0.25, 0.3) is 0 Å². The first kappa shape index (κ1) is 27.0. The Morgan fingerprint density at radius 3 is 1.77 bits per heavy atom. The van der Waals surface area contributed by atoms with Crippen LogP contribution in [0.3, 0.4) is 0 Å². The monoisotopic (exact) mass is 497 g/mol. The van der Waals surface area contributed by atoms with Crippen LogP contribution in [-0.4, -0.2) is 45.1 Å². The average Bonchev–Trinajstić information content (AvgIpc) is 3.00. The summed E-state index contributed by atoms with van der Waals surface area (Å²) in [6, 6.07) is 19.4. The molecule has 2 aromatic carbocycles. The van der Waals surface area contributed by atoms with Gasteiger partial charge in [-0.2, -0.15) is 0 Å². The van der Waals surface area contributed by atoms with Crippen LogP contribution in [0.4, 0.5) is 4.79 Å². The molecule has 0 aliphatic carbocycles. The molecule has 0 saturated carbocycles. The van der Waals surface area contributed by atoms with E-state index in [2.05, 4.69) is 20.8 Å². The minimum Gasteiger partial charge on any atom is -0.449 e. The second-order valence-corrected chi connectivity index (χ2v) is 11.8. The van der Waals surface area contributed by atoms with E-state index >= 15 is 0 Å². The fourth-order valence-corrected chi connectivity index (χ4v) is 6.61. The van der Waals surface area contributed by atoms with Crippen molar-refractivity contribution in [1.82, 2.24) is 4.90 Å². The zero-order valence-corrected chi connectivity index (χ0v) is 24.5. The molecule has 7 heteroatoms. The predicted molar refractivity (Wildman–Crippen MR) is 140 cm³/mol. The summed E-state index contributed by atoms with van der Waals surface area (Å²) in [6.45, 7) is 15.3. The number of esters is 1. The summed E-state index contributed by atoms with van der Waals surface area (Å²) in [6.07, 6.45) is -0.473. The van der Waals surface area contributed by atoms with Crippen molar-refractivity contribution < 1.29 is 23.5 Å². The van der Waals surface area contributed by atoms with Crippen LogP contribution >= 0.6 is 0 Å². The Kier molecular flexibility index (Phi) is 7.01. The van der Waals surface area contributed by atoms with Crippen LogP contribution in [0, 0.1) is 5.41 Å². The van der Waals surface area contributed by atoms with Crippen LogP contribution in [-0.2, 0) is 29.9 Å². The van der Waals surface area contributed by atoms with Crippen LogP contribution in [0.15, 0.2) is 60.7 Å². The highest BCUT2D eigenvalue weighted by molar-refractivity contribution is 5.98. The highest BCUT2D eigenvalue weighted by atomic mass is 28.2.